The maximum absolute atomic E-state index is 12.7. The van der Waals surface area contributed by atoms with E-state index in [1.165, 1.54) is 0 Å². The van der Waals surface area contributed by atoms with E-state index in [-0.39, 0.29) is 11.5 Å². The Bertz CT molecular complexity index is 825. The van der Waals surface area contributed by atoms with Gasteiger partial charge < -0.3 is 19.5 Å². The molecule has 7 nitrogen and oxygen atoms in total. The van der Waals surface area contributed by atoms with Crippen molar-refractivity contribution in [3.63, 3.8) is 0 Å². The van der Waals surface area contributed by atoms with Gasteiger partial charge in [0.05, 0.1) is 19.7 Å². The van der Waals surface area contributed by atoms with Gasteiger partial charge in [-0.05, 0) is 37.1 Å². The molecule has 0 aromatic carbocycles. The molecule has 0 aliphatic carbocycles. The summed E-state index contributed by atoms with van der Waals surface area (Å²) in [6, 6.07) is 11.2. The van der Waals surface area contributed by atoms with E-state index in [2.05, 4.69) is 20.9 Å². The van der Waals surface area contributed by atoms with Crippen LogP contribution in [0.4, 0.5) is 5.82 Å². The second-order valence-corrected chi connectivity index (χ2v) is 6.86. The van der Waals surface area contributed by atoms with Crippen LogP contribution in [-0.4, -0.2) is 59.2 Å². The number of H-pyrrole nitrogens is 1. The molecule has 0 bridgehead atoms. The van der Waals surface area contributed by atoms with Crippen LogP contribution in [0.1, 0.15) is 29.0 Å². The number of ether oxygens (including phenoxy) is 1. The number of hydrogen-bond donors (Lipinski definition) is 1. The molecule has 2 aromatic rings. The van der Waals surface area contributed by atoms with E-state index in [0.29, 0.717) is 37.6 Å². The number of piperidine rings is 1. The zero-order chi connectivity index (χ0) is 18.0. The van der Waals surface area contributed by atoms with Crippen molar-refractivity contribution in [2.24, 2.45) is 0 Å². The predicted molar refractivity (Wildman–Crippen MR) is 95.8 cm³/mol. The number of amides is 1. The van der Waals surface area contributed by atoms with Gasteiger partial charge in [0.25, 0.3) is 5.91 Å². The van der Waals surface area contributed by atoms with Crippen molar-refractivity contribution in [1.29, 1.82) is 5.26 Å². The highest BCUT2D eigenvalue weighted by atomic mass is 16.5. The number of nitriles is 1. The van der Waals surface area contributed by atoms with Crippen molar-refractivity contribution in [3.8, 4) is 6.07 Å². The third-order valence-corrected chi connectivity index (χ3v) is 5.08. The van der Waals surface area contributed by atoms with Gasteiger partial charge >= 0.3 is 0 Å². The van der Waals surface area contributed by atoms with Crippen molar-refractivity contribution in [1.82, 2.24) is 14.9 Å². The first-order valence-corrected chi connectivity index (χ1v) is 8.88. The van der Waals surface area contributed by atoms with Gasteiger partial charge in [-0.15, -0.1) is 0 Å². The molecule has 2 saturated heterocycles. The second kappa shape index (κ2) is 6.81. The number of nitrogens with one attached hydrogen (secondary N) is 1. The molecule has 1 atom stereocenters. The lowest BCUT2D eigenvalue weighted by Crippen LogP contribution is -2.61. The molecule has 4 heterocycles. The number of carbonyl (C=O) groups is 1. The van der Waals surface area contributed by atoms with E-state index in [1.807, 2.05) is 23.1 Å². The fourth-order valence-corrected chi connectivity index (χ4v) is 3.85. The molecule has 2 aromatic heterocycles. The van der Waals surface area contributed by atoms with Crippen molar-refractivity contribution in [2.45, 2.75) is 18.4 Å². The van der Waals surface area contributed by atoms with Crippen LogP contribution in [0.5, 0.6) is 0 Å². The van der Waals surface area contributed by atoms with E-state index >= 15 is 0 Å². The molecule has 1 spiro atoms. The maximum atomic E-state index is 12.7. The van der Waals surface area contributed by atoms with E-state index in [1.54, 1.807) is 18.3 Å². The predicted octanol–water partition coefficient (Wildman–Crippen LogP) is 1.79. The van der Waals surface area contributed by atoms with Gasteiger partial charge in [0.2, 0.25) is 0 Å². The third kappa shape index (κ3) is 3.16. The lowest BCUT2D eigenvalue weighted by molar-refractivity contribution is -0.105. The molecule has 2 aliphatic rings. The Morgan fingerprint density at radius 3 is 3.00 bits per heavy atom. The van der Waals surface area contributed by atoms with Crippen LogP contribution < -0.4 is 4.90 Å². The van der Waals surface area contributed by atoms with Crippen molar-refractivity contribution >= 4 is 11.7 Å². The van der Waals surface area contributed by atoms with Crippen LogP contribution in [0.2, 0.25) is 0 Å². The zero-order valence-electron chi connectivity index (χ0n) is 14.5. The first-order valence-electron chi connectivity index (χ1n) is 8.88. The van der Waals surface area contributed by atoms with E-state index in [9.17, 15) is 4.79 Å². The monoisotopic (exact) mass is 351 g/mol. The van der Waals surface area contributed by atoms with Crippen LogP contribution in [0.3, 0.4) is 0 Å². The van der Waals surface area contributed by atoms with Gasteiger partial charge in [0, 0.05) is 19.3 Å². The smallest absolute Gasteiger partial charge is 0.270 e. The lowest BCUT2D eigenvalue weighted by Gasteiger charge is -2.48. The maximum Gasteiger partial charge on any atom is 0.270 e. The van der Waals surface area contributed by atoms with Crippen molar-refractivity contribution in [2.75, 3.05) is 37.7 Å². The molecule has 2 aliphatic heterocycles. The molecular weight excluding hydrogens is 330 g/mol. The number of nitrogens with zero attached hydrogens (tertiary/aromatic N) is 4. The molecule has 7 heteroatoms. The Balaban J connectivity index is 1.52. The van der Waals surface area contributed by atoms with Crippen LogP contribution >= 0.6 is 0 Å². The minimum Gasteiger partial charge on any atom is -0.369 e. The summed E-state index contributed by atoms with van der Waals surface area (Å²) < 4.78 is 6.17. The van der Waals surface area contributed by atoms with Crippen LogP contribution in [0, 0.1) is 11.3 Å². The molecule has 134 valence electrons. The van der Waals surface area contributed by atoms with Gasteiger partial charge in [0.1, 0.15) is 28.9 Å². The molecule has 4 rings (SSSR count). The summed E-state index contributed by atoms with van der Waals surface area (Å²) in [5.74, 6) is 0.805. The molecule has 1 amide bonds. The Morgan fingerprint density at radius 2 is 2.19 bits per heavy atom. The molecule has 26 heavy (non-hydrogen) atoms. The van der Waals surface area contributed by atoms with Crippen LogP contribution in [0.25, 0.3) is 0 Å². The van der Waals surface area contributed by atoms with E-state index in [0.717, 1.165) is 25.2 Å². The number of morpholine rings is 1. The van der Waals surface area contributed by atoms with Gasteiger partial charge in [0.15, 0.2) is 0 Å². The Labute approximate surface area is 152 Å². The van der Waals surface area contributed by atoms with Crippen LogP contribution in [0.15, 0.2) is 36.5 Å². The van der Waals surface area contributed by atoms with Crippen molar-refractivity contribution in [3.05, 3.63) is 47.9 Å². The Hall–Kier alpha value is -2.85. The molecule has 1 N–H and O–H groups in total. The normalized spacial score (nSPS) is 23.0. The molecule has 0 radical (unpaired) electrons. The number of aromatic nitrogens is 2. The zero-order valence-corrected chi connectivity index (χ0v) is 14.5. The first-order chi connectivity index (χ1) is 12.7. The highest BCUT2D eigenvalue weighted by Crippen LogP contribution is 2.31. The number of anilines is 1. The first kappa shape index (κ1) is 16.6. The summed E-state index contributed by atoms with van der Waals surface area (Å²) in [5.41, 5.74) is 0.636. The summed E-state index contributed by atoms with van der Waals surface area (Å²) in [6.07, 6.45) is 3.64. The topological polar surface area (TPSA) is 85.2 Å². The van der Waals surface area contributed by atoms with Crippen molar-refractivity contribution < 1.29 is 9.53 Å². The summed E-state index contributed by atoms with van der Waals surface area (Å²) in [7, 11) is 0. The number of hydrogen-bond acceptors (Lipinski definition) is 5. The standard InChI is InChI=1S/C19H21N5O2/c20-12-15-4-1-6-17(22-15)23-9-3-7-19(13-23)14-24(10-11-26-19)18(25)16-5-2-8-21-16/h1-2,4-6,8,21H,3,7,9-11,13-14H2. The van der Waals surface area contributed by atoms with E-state index in [4.69, 9.17) is 10.00 Å². The van der Waals surface area contributed by atoms with Gasteiger partial charge in [-0.25, -0.2) is 4.98 Å². The van der Waals surface area contributed by atoms with E-state index < -0.39 is 0 Å². The molecule has 2 fully saturated rings. The summed E-state index contributed by atoms with van der Waals surface area (Å²) in [6.45, 7) is 3.24. The van der Waals surface area contributed by atoms with Crippen LogP contribution in [-0.2, 0) is 4.74 Å². The quantitative estimate of drug-likeness (QED) is 0.892. The van der Waals surface area contributed by atoms with Gasteiger partial charge in [-0.1, -0.05) is 6.07 Å². The average Bonchev–Trinajstić information content (AvgIpc) is 3.22. The number of rotatable bonds is 2. The SMILES string of the molecule is N#Cc1cccc(N2CCCC3(CN(C(=O)c4ccc[nH]4)CCO3)C2)n1. The number of carbonyl (C=O) groups excluding carboxylic acids is 1. The summed E-state index contributed by atoms with van der Waals surface area (Å²) >= 11 is 0. The number of aromatic amines is 1. The minimum absolute atomic E-state index is 0.0133. The van der Waals surface area contributed by atoms with Gasteiger partial charge in [-0.3, -0.25) is 4.79 Å². The highest BCUT2D eigenvalue weighted by molar-refractivity contribution is 5.92. The number of pyridine rings is 1. The molecule has 1 unspecified atom stereocenters. The Morgan fingerprint density at radius 1 is 1.27 bits per heavy atom. The lowest BCUT2D eigenvalue weighted by atomic mass is 9.90. The summed E-state index contributed by atoms with van der Waals surface area (Å²) in [4.78, 5) is 24.1. The fraction of sp³-hybridized carbons (Fsp3) is 0.421. The third-order valence-electron chi connectivity index (χ3n) is 5.08. The minimum atomic E-state index is -0.386. The second-order valence-electron chi connectivity index (χ2n) is 6.86. The molecular formula is C19H21N5O2. The fourth-order valence-electron chi connectivity index (χ4n) is 3.85. The Kier molecular flexibility index (Phi) is 4.35. The average molecular weight is 351 g/mol. The largest absolute Gasteiger partial charge is 0.369 e. The molecule has 0 saturated carbocycles. The summed E-state index contributed by atoms with van der Waals surface area (Å²) in [5, 5.41) is 9.09. The highest BCUT2D eigenvalue weighted by Gasteiger charge is 2.42. The van der Waals surface area contributed by atoms with Gasteiger partial charge in [-0.2, -0.15) is 5.26 Å².